The van der Waals surface area contributed by atoms with Crippen molar-refractivity contribution in [3.05, 3.63) is 76.6 Å². The number of rotatable bonds is 5. The first-order valence-electron chi connectivity index (χ1n) is 10.8. The number of morpholine rings is 1. The van der Waals surface area contributed by atoms with Gasteiger partial charge in [0.1, 0.15) is 23.6 Å². The number of carbonyl (C=O) groups excluding carboxylic acids is 1. The van der Waals surface area contributed by atoms with Crippen LogP contribution in [0.15, 0.2) is 59.8 Å². The topological polar surface area (TPSA) is 122 Å². The van der Waals surface area contributed by atoms with Crippen LogP contribution in [0, 0.1) is 6.92 Å². The van der Waals surface area contributed by atoms with Crippen LogP contribution in [0.2, 0.25) is 0 Å². The van der Waals surface area contributed by atoms with Crippen molar-refractivity contribution in [2.45, 2.75) is 44.2 Å². The first-order chi connectivity index (χ1) is 15.9. The van der Waals surface area contributed by atoms with Crippen LogP contribution in [0.3, 0.4) is 0 Å². The van der Waals surface area contributed by atoms with E-state index in [0.29, 0.717) is 30.0 Å². The summed E-state index contributed by atoms with van der Waals surface area (Å²) in [5.74, 6) is 0.296. The normalized spacial score (nSPS) is 25.9. The molecule has 4 atom stereocenters. The molecule has 2 N–H and O–H groups in total. The molecule has 3 aromatic rings. The first-order valence-corrected chi connectivity index (χ1v) is 10.8. The van der Waals surface area contributed by atoms with Crippen LogP contribution in [0.5, 0.6) is 0 Å². The Bertz CT molecular complexity index is 1230. The Balaban J connectivity index is 1.47. The number of fused-ring (bicyclic) bond motifs is 2. The number of aromatic nitrogens is 4. The molecule has 1 aromatic carbocycles. The van der Waals surface area contributed by atoms with Crippen molar-refractivity contribution in [3.63, 3.8) is 0 Å². The van der Waals surface area contributed by atoms with E-state index < -0.39 is 29.7 Å². The Kier molecular flexibility index (Phi) is 5.18. The summed E-state index contributed by atoms with van der Waals surface area (Å²) < 4.78 is 7.63. The number of hydrogen-bond acceptors (Lipinski definition) is 8. The van der Waals surface area contributed by atoms with Crippen LogP contribution in [0.4, 0.5) is 11.8 Å². The van der Waals surface area contributed by atoms with Gasteiger partial charge in [0.05, 0.1) is 6.54 Å². The molecule has 2 fully saturated rings. The summed E-state index contributed by atoms with van der Waals surface area (Å²) >= 11 is 0. The summed E-state index contributed by atoms with van der Waals surface area (Å²) in [5, 5.41) is 13.8. The second-order valence-electron chi connectivity index (χ2n) is 8.32. The molecule has 0 unspecified atom stereocenters. The zero-order valence-corrected chi connectivity index (χ0v) is 18.3. The van der Waals surface area contributed by atoms with Crippen molar-refractivity contribution in [2.75, 3.05) is 16.8 Å². The van der Waals surface area contributed by atoms with Crippen molar-refractivity contribution < 1.29 is 14.6 Å². The fourth-order valence-corrected chi connectivity index (χ4v) is 4.61. The van der Waals surface area contributed by atoms with Gasteiger partial charge in [-0.15, -0.1) is 0 Å². The number of nitrogens with one attached hydrogen (secondary N) is 1. The lowest BCUT2D eigenvalue weighted by Crippen LogP contribution is -2.48. The van der Waals surface area contributed by atoms with E-state index in [4.69, 9.17) is 4.74 Å². The lowest BCUT2D eigenvalue weighted by atomic mass is 9.96. The Morgan fingerprint density at radius 1 is 1.24 bits per heavy atom. The number of nitrogens with zero attached hydrogens (tertiary/aromatic N) is 5. The van der Waals surface area contributed by atoms with Crippen LogP contribution in [-0.4, -0.2) is 54.8 Å². The molecule has 0 aliphatic carbocycles. The molecule has 33 heavy (non-hydrogen) atoms. The molecule has 0 spiro atoms. The number of hydrogen-bond donors (Lipinski definition) is 2. The third-order valence-corrected chi connectivity index (χ3v) is 6.39. The van der Waals surface area contributed by atoms with Crippen LogP contribution < -0.4 is 15.9 Å². The maximum absolute atomic E-state index is 13.0. The minimum Gasteiger partial charge on any atom is -0.388 e. The molecule has 0 saturated carbocycles. The number of amides is 1. The highest BCUT2D eigenvalue weighted by Gasteiger charge is 2.63. The van der Waals surface area contributed by atoms with Crippen molar-refractivity contribution in [2.24, 2.45) is 0 Å². The second kappa shape index (κ2) is 8.05. The van der Waals surface area contributed by atoms with Gasteiger partial charge in [-0.05, 0) is 31.5 Å². The standard InChI is InChI=1S/C23H24N6O4/c1-3-23-13-29(21-24-10-7-11-25-21)16(17(23)30)20(33-23)28-12-14(2)18(27-22(28)32)26-19(31)15-8-5-4-6-9-15/h4-12,16-17,20,30H,3,13H2,1-2H3,(H,26,27,31,32)/t16-,17+,20-,23+/m1/s1. The van der Waals surface area contributed by atoms with Gasteiger partial charge in [-0.25, -0.2) is 14.8 Å². The van der Waals surface area contributed by atoms with Crippen molar-refractivity contribution in [1.82, 2.24) is 19.5 Å². The highest BCUT2D eigenvalue weighted by Crippen LogP contribution is 2.48. The average Bonchev–Trinajstić information content (AvgIpc) is 3.29. The fraction of sp³-hybridized carbons (Fsp3) is 0.348. The van der Waals surface area contributed by atoms with E-state index >= 15 is 0 Å². The van der Waals surface area contributed by atoms with Gasteiger partial charge in [0.15, 0.2) is 6.23 Å². The quantitative estimate of drug-likeness (QED) is 0.602. The third-order valence-electron chi connectivity index (χ3n) is 6.39. The van der Waals surface area contributed by atoms with Gasteiger partial charge >= 0.3 is 5.69 Å². The molecule has 4 heterocycles. The molecule has 2 aromatic heterocycles. The molecule has 5 rings (SSSR count). The van der Waals surface area contributed by atoms with Crippen molar-refractivity contribution in [1.29, 1.82) is 0 Å². The highest BCUT2D eigenvalue weighted by atomic mass is 16.6. The predicted octanol–water partition coefficient (Wildman–Crippen LogP) is 1.52. The molecule has 0 radical (unpaired) electrons. The van der Waals surface area contributed by atoms with Gasteiger partial charge in [-0.3, -0.25) is 9.36 Å². The number of benzene rings is 1. The van der Waals surface area contributed by atoms with E-state index in [-0.39, 0.29) is 11.7 Å². The molecule has 2 saturated heterocycles. The molecule has 1 amide bonds. The SMILES string of the molecule is CC[C@@]12CN(c3ncccn3)[C@@H]([C@H](n3cc(C)c(NC(=O)c4ccccc4)nc3=O)O1)[C@@H]2O. The van der Waals surface area contributed by atoms with Gasteiger partial charge in [-0.1, -0.05) is 25.1 Å². The zero-order chi connectivity index (χ0) is 23.2. The molecular weight excluding hydrogens is 424 g/mol. The Morgan fingerprint density at radius 2 is 1.97 bits per heavy atom. The fourth-order valence-electron chi connectivity index (χ4n) is 4.61. The molecular formula is C23H24N6O4. The summed E-state index contributed by atoms with van der Waals surface area (Å²) in [5.41, 5.74) is -0.380. The summed E-state index contributed by atoms with van der Waals surface area (Å²) in [7, 11) is 0. The number of aliphatic hydroxyl groups excluding tert-OH is 1. The highest BCUT2D eigenvalue weighted by molar-refractivity contribution is 6.03. The van der Waals surface area contributed by atoms with E-state index in [1.807, 2.05) is 17.9 Å². The lowest BCUT2D eigenvalue weighted by Gasteiger charge is -2.37. The smallest absolute Gasteiger partial charge is 0.351 e. The molecule has 2 aliphatic rings. The van der Waals surface area contributed by atoms with Crippen molar-refractivity contribution >= 4 is 17.7 Å². The maximum atomic E-state index is 13.0. The van der Waals surface area contributed by atoms with Crippen LogP contribution >= 0.6 is 0 Å². The van der Waals surface area contributed by atoms with E-state index in [1.165, 1.54) is 4.57 Å². The Labute approximate surface area is 189 Å². The van der Waals surface area contributed by atoms with Gasteiger partial charge < -0.3 is 20.1 Å². The zero-order valence-electron chi connectivity index (χ0n) is 18.3. The molecule has 10 heteroatoms. The minimum absolute atomic E-state index is 0.183. The number of aryl methyl sites for hydroxylation is 1. The minimum atomic E-state index is -0.845. The van der Waals surface area contributed by atoms with Gasteiger partial charge in [0.2, 0.25) is 5.95 Å². The number of anilines is 2. The van der Waals surface area contributed by atoms with Gasteiger partial charge in [0, 0.05) is 29.7 Å². The van der Waals surface area contributed by atoms with Gasteiger partial charge in [0.25, 0.3) is 5.91 Å². The Morgan fingerprint density at radius 3 is 2.64 bits per heavy atom. The summed E-state index contributed by atoms with van der Waals surface area (Å²) in [6, 6.07) is 9.86. The summed E-state index contributed by atoms with van der Waals surface area (Å²) in [4.78, 5) is 40.1. The van der Waals surface area contributed by atoms with E-state index in [1.54, 1.807) is 55.8 Å². The monoisotopic (exact) mass is 448 g/mol. The van der Waals surface area contributed by atoms with E-state index in [0.717, 1.165) is 0 Å². The molecule has 2 aliphatic heterocycles. The van der Waals surface area contributed by atoms with E-state index in [2.05, 4.69) is 20.3 Å². The van der Waals surface area contributed by atoms with Gasteiger partial charge in [-0.2, -0.15) is 4.98 Å². The lowest BCUT2D eigenvalue weighted by molar-refractivity contribution is -0.107. The molecule has 10 nitrogen and oxygen atoms in total. The maximum Gasteiger partial charge on any atom is 0.351 e. The predicted molar refractivity (Wildman–Crippen MR) is 120 cm³/mol. The van der Waals surface area contributed by atoms with Crippen LogP contribution in [-0.2, 0) is 4.74 Å². The van der Waals surface area contributed by atoms with Crippen molar-refractivity contribution in [3.8, 4) is 0 Å². The number of aliphatic hydroxyl groups is 1. The number of carbonyl (C=O) groups is 1. The van der Waals surface area contributed by atoms with Crippen LogP contribution in [0.25, 0.3) is 0 Å². The Hall–Kier alpha value is -3.63. The molecule has 170 valence electrons. The summed E-state index contributed by atoms with van der Waals surface area (Å²) in [6.45, 7) is 4.11. The average molecular weight is 448 g/mol. The summed E-state index contributed by atoms with van der Waals surface area (Å²) in [6.07, 6.45) is 3.81. The van der Waals surface area contributed by atoms with Crippen LogP contribution in [0.1, 0.15) is 35.5 Å². The second-order valence-corrected chi connectivity index (χ2v) is 8.32. The largest absolute Gasteiger partial charge is 0.388 e. The molecule has 2 bridgehead atoms. The third kappa shape index (κ3) is 3.47. The van der Waals surface area contributed by atoms with E-state index in [9.17, 15) is 14.7 Å². The first kappa shape index (κ1) is 21.2. The number of ether oxygens (including phenoxy) is 1.